The van der Waals surface area contributed by atoms with Gasteiger partial charge in [0.1, 0.15) is 47.7 Å². The van der Waals surface area contributed by atoms with E-state index in [9.17, 15) is 19.2 Å². The molecule has 0 bridgehead atoms. The van der Waals surface area contributed by atoms with Gasteiger partial charge in [0.2, 0.25) is 0 Å². The summed E-state index contributed by atoms with van der Waals surface area (Å²) in [7, 11) is 0. The number of nitrogens with zero attached hydrogens (tertiary/aromatic N) is 12. The summed E-state index contributed by atoms with van der Waals surface area (Å²) in [6.45, 7) is 0.289. The van der Waals surface area contributed by atoms with Crippen LogP contribution in [0.25, 0.3) is 0 Å². The Bertz CT molecular complexity index is 5560. The predicted octanol–water partition coefficient (Wildman–Crippen LogP) is 30.0. The lowest BCUT2D eigenvalue weighted by molar-refractivity contribution is -0.209. The molecule has 746 valence electrons. The van der Waals surface area contributed by atoms with Crippen molar-refractivity contribution in [3.8, 4) is 34.5 Å². The van der Waals surface area contributed by atoms with Crippen molar-refractivity contribution in [1.29, 1.82) is 0 Å². The molecule has 30 nitrogen and oxygen atoms in total. The molecule has 0 aromatic heterocycles. The van der Waals surface area contributed by atoms with Gasteiger partial charge in [-0.1, -0.05) is 109 Å². The lowest BCUT2D eigenvalue weighted by atomic mass is 10.0. The van der Waals surface area contributed by atoms with Crippen molar-refractivity contribution in [3.05, 3.63) is 328 Å². The van der Waals surface area contributed by atoms with Crippen LogP contribution in [0.1, 0.15) is 154 Å². The van der Waals surface area contributed by atoms with Crippen molar-refractivity contribution in [2.45, 2.75) is 179 Å². The molecule has 4 unspecified atom stereocenters. The molecule has 0 radical (unpaired) electrons. The Morgan fingerprint density at radius 2 is 0.319 bits per heavy atom. The van der Waals surface area contributed by atoms with Crippen LogP contribution in [0.15, 0.2) is 389 Å². The van der Waals surface area contributed by atoms with E-state index in [1.807, 2.05) is 182 Å². The Hall–Kier alpha value is -16.1. The topological polar surface area (TPSA) is 362 Å². The summed E-state index contributed by atoms with van der Waals surface area (Å²) in [5, 5.41) is 51.9. The molecule has 0 amide bonds. The largest absolute Gasteiger partial charge is 0.494 e. The van der Waals surface area contributed by atoms with Gasteiger partial charge in [-0.25, -0.2) is 0 Å². The first kappa shape index (κ1) is 107. The zero-order valence-electron chi connectivity index (χ0n) is 80.8. The van der Waals surface area contributed by atoms with Gasteiger partial charge in [0.25, 0.3) is 0 Å². The summed E-state index contributed by atoms with van der Waals surface area (Å²) in [5.41, 5.74) is 8.09. The molecule has 0 heterocycles. The third-order valence-electron chi connectivity index (χ3n) is 22.0. The maximum absolute atomic E-state index is 15.1. The first-order valence-corrected chi connectivity index (χ1v) is 49.1. The van der Waals surface area contributed by atoms with Crippen LogP contribution in [0.2, 0.25) is 0 Å². The van der Waals surface area contributed by atoms with E-state index < -0.39 is 73.4 Å². The number of hydrogen-bond acceptors (Lipinski definition) is 30. The Labute approximate surface area is 839 Å². The maximum atomic E-state index is 15.1. The van der Waals surface area contributed by atoms with E-state index in [1.54, 1.807) is 146 Å². The first-order valence-electron chi connectivity index (χ1n) is 49.1. The molecular formula is C114H122N12O18. The molecule has 0 aliphatic rings. The Morgan fingerprint density at radius 1 is 0.167 bits per heavy atom. The number of benzene rings is 12. The lowest BCUT2D eigenvalue weighted by Gasteiger charge is -2.36. The molecule has 12 aromatic rings. The fourth-order valence-electron chi connectivity index (χ4n) is 14.2. The standard InChI is InChI=1S/C114H122N12O18/c127-107(49-25-7-31-79-133-99-67-55-93(56-68-99)121-115-87-37-13-1-14-38-87)139-85-105(141-109(129)51-27-9-33-81-135-101-71-59-95(60-72-101)123-117-89-41-17-3-18-42-89)113(143-111(131)53-29-11-35-83-137-103-75-63-97(64-76-103)125-119-91-45-21-5-22-46-91)114(144-112(132)54-30-12-36-84-138-104-77-65-98(66-78-104)126-120-92-47-23-6-24-48-92)106(142-110(130)52-28-10-34-82-136-102-73-61-96(62-74-102)124-118-90-43-19-4-20-44-90)86-140-108(128)50-26-8-32-80-134-100-69-57-94(58-70-100)122-116-88-39-15-2-16-40-88/h1-6,13-24,37-48,55-78,105-106,113-114H,7-12,25-36,49-54,79-86H2. The predicted molar refractivity (Wildman–Crippen MR) is 548 cm³/mol. The van der Waals surface area contributed by atoms with E-state index in [1.165, 1.54) is 0 Å². The number of ether oxygens (including phenoxy) is 12. The van der Waals surface area contributed by atoms with Crippen molar-refractivity contribution >= 4 is 104 Å². The Balaban J connectivity index is 0.778. The summed E-state index contributed by atoms with van der Waals surface area (Å²) in [6, 6.07) is 99.4. The number of esters is 6. The van der Waals surface area contributed by atoms with Gasteiger partial charge in [0, 0.05) is 38.5 Å². The number of carbonyl (C=O) groups excluding carboxylic acids is 6. The van der Waals surface area contributed by atoms with Crippen LogP contribution in [-0.2, 0) is 57.2 Å². The molecule has 30 heteroatoms. The third kappa shape index (κ3) is 42.9. The summed E-state index contributed by atoms with van der Waals surface area (Å²) in [4.78, 5) is 88.5. The third-order valence-corrected chi connectivity index (χ3v) is 22.0. The number of rotatable bonds is 65. The second-order valence-corrected chi connectivity index (χ2v) is 33.5. The second-order valence-electron chi connectivity index (χ2n) is 33.5. The number of unbranched alkanes of at least 4 members (excludes halogenated alkanes) is 12. The molecule has 0 spiro atoms. The second kappa shape index (κ2) is 63.5. The van der Waals surface area contributed by atoms with Gasteiger partial charge < -0.3 is 56.8 Å². The molecule has 0 fully saturated rings. The lowest BCUT2D eigenvalue weighted by Crippen LogP contribution is -2.54. The summed E-state index contributed by atoms with van der Waals surface area (Å²) in [5.74, 6) is -1.09. The molecular weight excluding hydrogens is 1830 g/mol. The van der Waals surface area contributed by atoms with Gasteiger partial charge >= 0.3 is 35.8 Å². The highest BCUT2D eigenvalue weighted by atomic mass is 16.6. The zero-order chi connectivity index (χ0) is 99.9. The van der Waals surface area contributed by atoms with Crippen molar-refractivity contribution in [2.75, 3.05) is 52.9 Å². The SMILES string of the molecule is O=C(CCCCCOc1ccc(N=Nc2ccccc2)cc1)OCC(OC(=O)CCCCCOc1ccc(N=Nc2ccccc2)cc1)C(OC(=O)CCCCCOc1ccc(N=Nc2ccccc2)cc1)C(OC(=O)CCCCCOc1ccc(N=Nc2ccccc2)cc1)C(COC(=O)CCCCCOc1ccc(N=Nc2ccccc2)cc1)OC(=O)CCCCCOc1ccc(N=Nc2ccccc2)cc1. The molecule has 144 heavy (non-hydrogen) atoms. The van der Waals surface area contributed by atoms with Crippen molar-refractivity contribution in [3.63, 3.8) is 0 Å². The van der Waals surface area contributed by atoms with E-state index in [4.69, 9.17) is 56.8 Å². The quantitative estimate of drug-likeness (QED) is 0.0148. The minimum atomic E-state index is -1.92. The Morgan fingerprint density at radius 3 is 0.493 bits per heavy atom. The monoisotopic (exact) mass is 1950 g/mol. The molecule has 12 rings (SSSR count). The van der Waals surface area contributed by atoms with Crippen LogP contribution in [0.3, 0.4) is 0 Å². The van der Waals surface area contributed by atoms with Crippen LogP contribution in [0, 0.1) is 0 Å². The zero-order valence-corrected chi connectivity index (χ0v) is 80.8. The first-order chi connectivity index (χ1) is 70.9. The van der Waals surface area contributed by atoms with Gasteiger partial charge in [0.15, 0.2) is 24.4 Å². The van der Waals surface area contributed by atoms with Crippen LogP contribution < -0.4 is 28.4 Å². The molecule has 12 aromatic carbocycles. The molecule has 0 N–H and O–H groups in total. The molecule has 0 saturated carbocycles. The van der Waals surface area contributed by atoms with E-state index in [0.717, 1.165) is 11.4 Å². The molecule has 4 atom stereocenters. The maximum Gasteiger partial charge on any atom is 0.306 e. The highest BCUT2D eigenvalue weighted by Gasteiger charge is 2.46. The van der Waals surface area contributed by atoms with Gasteiger partial charge in [-0.15, -0.1) is 0 Å². The average molecular weight is 1950 g/mol. The smallest absolute Gasteiger partial charge is 0.306 e. The summed E-state index contributed by atoms with van der Waals surface area (Å²) < 4.78 is 74.8. The van der Waals surface area contributed by atoms with Crippen LogP contribution >= 0.6 is 0 Å². The summed E-state index contributed by atoms with van der Waals surface area (Å²) >= 11 is 0. The van der Waals surface area contributed by atoms with Crippen LogP contribution in [-0.4, -0.2) is 113 Å². The molecule has 0 aliphatic carbocycles. The van der Waals surface area contributed by atoms with Crippen molar-refractivity contribution in [2.24, 2.45) is 61.4 Å². The Kier molecular flexibility index (Phi) is 47.1. The fraction of sp³-hybridized carbons (Fsp3) is 0.316. The van der Waals surface area contributed by atoms with Crippen molar-refractivity contribution in [1.82, 2.24) is 0 Å². The van der Waals surface area contributed by atoms with E-state index in [-0.39, 0.29) is 77.4 Å². The van der Waals surface area contributed by atoms with Crippen molar-refractivity contribution < 1.29 is 85.6 Å². The minimum Gasteiger partial charge on any atom is -0.494 e. The highest BCUT2D eigenvalue weighted by Crippen LogP contribution is 2.32. The highest BCUT2D eigenvalue weighted by molar-refractivity contribution is 5.74. The fourth-order valence-corrected chi connectivity index (χ4v) is 14.2. The average Bonchev–Trinajstić information content (AvgIpc) is 0.817. The van der Waals surface area contributed by atoms with E-state index in [2.05, 4.69) is 61.4 Å². The number of hydrogen-bond donors (Lipinski definition) is 0. The molecule has 0 aliphatic heterocycles. The van der Waals surface area contributed by atoms with Gasteiger partial charge in [-0.2, -0.15) is 61.4 Å². The van der Waals surface area contributed by atoms with Gasteiger partial charge in [0.05, 0.1) is 108 Å². The van der Waals surface area contributed by atoms with Crippen LogP contribution in [0.4, 0.5) is 68.2 Å². The van der Waals surface area contributed by atoms with E-state index in [0.29, 0.717) is 208 Å². The minimum absolute atomic E-state index is 0.103. The van der Waals surface area contributed by atoms with Gasteiger partial charge in [-0.3, -0.25) is 28.8 Å². The van der Waals surface area contributed by atoms with Crippen LogP contribution in [0.5, 0.6) is 34.5 Å². The number of carbonyl (C=O) groups is 6. The van der Waals surface area contributed by atoms with Gasteiger partial charge in [-0.05, 0) is 334 Å². The molecule has 0 saturated heterocycles. The number of azo groups is 6. The van der Waals surface area contributed by atoms with E-state index >= 15 is 9.59 Å². The summed E-state index contributed by atoms with van der Waals surface area (Å²) in [6.07, 6.45) is -0.554. The normalized spacial score (nSPS) is 12.2.